The molecule has 11 heteroatoms. The number of carbonyl (C=O) groups is 1. The SMILES string of the molecule is CC(C(=O)NCc1ccc(C(F)(F)F)nc1C1CCCCC1)c1ccc(N(C)[SH](=O)=O)c(F)c1. The Balaban J connectivity index is 1.76. The number of amides is 1. The van der Waals surface area contributed by atoms with Gasteiger partial charge >= 0.3 is 6.18 Å². The molecule has 186 valence electrons. The van der Waals surface area contributed by atoms with Crippen molar-refractivity contribution in [2.75, 3.05) is 11.4 Å². The van der Waals surface area contributed by atoms with Crippen LogP contribution >= 0.6 is 0 Å². The maximum Gasteiger partial charge on any atom is 0.433 e. The predicted molar refractivity (Wildman–Crippen MR) is 120 cm³/mol. The average Bonchev–Trinajstić information content (AvgIpc) is 2.81. The van der Waals surface area contributed by atoms with Gasteiger partial charge in [0.05, 0.1) is 11.6 Å². The first-order valence-corrected chi connectivity index (χ1v) is 12.1. The van der Waals surface area contributed by atoms with E-state index in [1.54, 1.807) is 6.92 Å². The van der Waals surface area contributed by atoms with E-state index in [9.17, 15) is 30.8 Å². The van der Waals surface area contributed by atoms with Gasteiger partial charge in [-0.2, -0.15) is 13.2 Å². The fraction of sp³-hybridized carbons (Fsp3) is 0.478. The van der Waals surface area contributed by atoms with Crippen molar-refractivity contribution in [1.29, 1.82) is 0 Å². The van der Waals surface area contributed by atoms with E-state index in [1.165, 1.54) is 25.2 Å². The molecule has 1 atom stereocenters. The van der Waals surface area contributed by atoms with E-state index >= 15 is 0 Å². The summed E-state index contributed by atoms with van der Waals surface area (Å²) in [6.07, 6.45) is -0.175. The Morgan fingerprint density at radius 3 is 2.44 bits per heavy atom. The van der Waals surface area contributed by atoms with Crippen LogP contribution in [0.15, 0.2) is 30.3 Å². The summed E-state index contributed by atoms with van der Waals surface area (Å²) in [4.78, 5) is 16.6. The largest absolute Gasteiger partial charge is 0.433 e. The first-order valence-electron chi connectivity index (χ1n) is 11.0. The summed E-state index contributed by atoms with van der Waals surface area (Å²) in [7, 11) is -1.79. The number of aromatic nitrogens is 1. The van der Waals surface area contributed by atoms with Gasteiger partial charge in [0.2, 0.25) is 16.8 Å². The summed E-state index contributed by atoms with van der Waals surface area (Å²) >= 11 is 0. The third kappa shape index (κ3) is 6.05. The first kappa shape index (κ1) is 25.9. The maximum atomic E-state index is 14.4. The number of hydrogen-bond acceptors (Lipinski definition) is 4. The fourth-order valence-corrected chi connectivity index (χ4v) is 4.51. The van der Waals surface area contributed by atoms with Crippen LogP contribution in [0.25, 0.3) is 0 Å². The molecule has 3 rings (SSSR count). The van der Waals surface area contributed by atoms with Gasteiger partial charge in [0, 0.05) is 25.2 Å². The smallest absolute Gasteiger partial charge is 0.351 e. The molecule has 1 aromatic heterocycles. The van der Waals surface area contributed by atoms with Gasteiger partial charge in [0.25, 0.3) is 0 Å². The quantitative estimate of drug-likeness (QED) is 0.427. The fourth-order valence-electron chi connectivity index (χ4n) is 4.17. The van der Waals surface area contributed by atoms with E-state index in [-0.39, 0.29) is 18.2 Å². The van der Waals surface area contributed by atoms with Crippen molar-refractivity contribution >= 4 is 22.5 Å². The van der Waals surface area contributed by atoms with Gasteiger partial charge < -0.3 is 5.32 Å². The number of nitrogens with zero attached hydrogens (tertiary/aromatic N) is 2. The van der Waals surface area contributed by atoms with Crippen molar-refractivity contribution in [2.24, 2.45) is 0 Å². The summed E-state index contributed by atoms with van der Waals surface area (Å²) in [6.45, 7) is 1.56. The molecule has 0 aliphatic heterocycles. The number of pyridine rings is 1. The molecule has 6 nitrogen and oxygen atoms in total. The number of alkyl halides is 3. The molecular formula is C23H27F4N3O3S. The van der Waals surface area contributed by atoms with Crippen molar-refractivity contribution in [3.05, 3.63) is 58.7 Å². The number of nitrogens with one attached hydrogen (secondary N) is 1. The molecular weight excluding hydrogens is 474 g/mol. The summed E-state index contributed by atoms with van der Waals surface area (Å²) in [5, 5.41) is 2.72. The van der Waals surface area contributed by atoms with E-state index < -0.39 is 40.4 Å². The Hall–Kier alpha value is -2.69. The number of benzene rings is 1. The Kier molecular flexibility index (Phi) is 8.17. The number of anilines is 1. The number of rotatable bonds is 7. The summed E-state index contributed by atoms with van der Waals surface area (Å²) in [5.74, 6) is -2.09. The molecule has 1 unspecified atom stereocenters. The van der Waals surface area contributed by atoms with Crippen molar-refractivity contribution in [2.45, 2.75) is 63.6 Å². The van der Waals surface area contributed by atoms with Gasteiger partial charge in [-0.05, 0) is 49.1 Å². The average molecular weight is 502 g/mol. The number of thiol groups is 1. The van der Waals surface area contributed by atoms with Gasteiger partial charge in [-0.1, -0.05) is 31.4 Å². The molecule has 1 heterocycles. The van der Waals surface area contributed by atoms with Gasteiger partial charge in [0.1, 0.15) is 11.5 Å². The molecule has 1 N–H and O–H groups in total. The van der Waals surface area contributed by atoms with Gasteiger partial charge in [-0.25, -0.2) is 17.8 Å². The van der Waals surface area contributed by atoms with Crippen LogP contribution in [0.1, 0.15) is 73.4 Å². The molecule has 34 heavy (non-hydrogen) atoms. The number of hydrogen-bond donors (Lipinski definition) is 2. The van der Waals surface area contributed by atoms with Gasteiger partial charge in [-0.3, -0.25) is 9.10 Å². The van der Waals surface area contributed by atoms with Crippen molar-refractivity contribution in [3.8, 4) is 0 Å². The van der Waals surface area contributed by atoms with E-state index in [2.05, 4.69) is 10.3 Å². The molecule has 1 saturated carbocycles. The van der Waals surface area contributed by atoms with Crippen LogP contribution in [0, 0.1) is 5.82 Å². The normalized spacial score (nSPS) is 15.9. The zero-order chi connectivity index (χ0) is 25.0. The van der Waals surface area contributed by atoms with Crippen LogP contribution in [0.5, 0.6) is 0 Å². The minimum Gasteiger partial charge on any atom is -0.351 e. The van der Waals surface area contributed by atoms with E-state index in [0.717, 1.165) is 48.5 Å². The van der Waals surface area contributed by atoms with E-state index in [4.69, 9.17) is 0 Å². The molecule has 1 aliphatic rings. The zero-order valence-electron chi connectivity index (χ0n) is 18.9. The van der Waals surface area contributed by atoms with Crippen molar-refractivity contribution < 1.29 is 30.8 Å². The van der Waals surface area contributed by atoms with Gasteiger partial charge in [-0.15, -0.1) is 0 Å². The molecule has 0 radical (unpaired) electrons. The standard InChI is InChI=1S/C23H27F4N3O3S/c1-14(16-8-10-19(18(24)12-16)30(2)34(32)33)22(31)28-13-17-9-11-20(23(25,26)27)29-21(17)15-6-4-3-5-7-15/h8-12,14-15,34H,3-7,13H2,1-2H3,(H,28,31). The minimum absolute atomic E-state index is 0.000103. The first-order chi connectivity index (χ1) is 16.0. The highest BCUT2D eigenvalue weighted by molar-refractivity contribution is 7.74. The van der Waals surface area contributed by atoms with Crippen LogP contribution in [0.3, 0.4) is 0 Å². The summed E-state index contributed by atoms with van der Waals surface area (Å²) < 4.78 is 77.0. The van der Waals surface area contributed by atoms with Gasteiger partial charge in [0.15, 0.2) is 0 Å². The Morgan fingerprint density at radius 1 is 1.18 bits per heavy atom. The molecule has 1 amide bonds. The molecule has 0 saturated heterocycles. The number of halogens is 4. The van der Waals surface area contributed by atoms with E-state index in [1.807, 2.05) is 0 Å². The highest BCUT2D eigenvalue weighted by Crippen LogP contribution is 2.36. The molecule has 1 fully saturated rings. The second kappa shape index (κ2) is 10.7. The molecule has 0 spiro atoms. The summed E-state index contributed by atoms with van der Waals surface area (Å²) in [5.41, 5.74) is 0.152. The Labute approximate surface area is 197 Å². The van der Waals surface area contributed by atoms with Crippen LogP contribution in [-0.2, 0) is 28.4 Å². The monoisotopic (exact) mass is 501 g/mol. The van der Waals surface area contributed by atoms with Crippen LogP contribution in [0.4, 0.5) is 23.2 Å². The molecule has 1 aromatic carbocycles. The Bertz CT molecular complexity index is 1110. The highest BCUT2D eigenvalue weighted by Gasteiger charge is 2.34. The zero-order valence-corrected chi connectivity index (χ0v) is 19.8. The lowest BCUT2D eigenvalue weighted by molar-refractivity contribution is -0.141. The lowest BCUT2D eigenvalue weighted by Crippen LogP contribution is -2.29. The van der Waals surface area contributed by atoms with Crippen LogP contribution in [0.2, 0.25) is 0 Å². The van der Waals surface area contributed by atoms with Crippen molar-refractivity contribution in [3.63, 3.8) is 0 Å². The topological polar surface area (TPSA) is 79.4 Å². The van der Waals surface area contributed by atoms with Crippen molar-refractivity contribution in [1.82, 2.24) is 10.3 Å². The van der Waals surface area contributed by atoms with Crippen LogP contribution < -0.4 is 9.62 Å². The molecule has 1 aliphatic carbocycles. The van der Waals surface area contributed by atoms with Crippen LogP contribution in [-0.4, -0.2) is 26.4 Å². The summed E-state index contributed by atoms with van der Waals surface area (Å²) in [6, 6.07) is 6.12. The second-order valence-corrected chi connectivity index (χ2v) is 9.56. The highest BCUT2D eigenvalue weighted by atomic mass is 32.2. The minimum atomic E-state index is -4.55. The number of carbonyl (C=O) groups excluding carboxylic acids is 1. The lowest BCUT2D eigenvalue weighted by atomic mass is 9.84. The lowest BCUT2D eigenvalue weighted by Gasteiger charge is -2.24. The second-order valence-electron chi connectivity index (χ2n) is 8.49. The third-order valence-corrected chi connectivity index (χ3v) is 6.91. The molecule has 0 bridgehead atoms. The maximum absolute atomic E-state index is 14.4. The van der Waals surface area contributed by atoms with E-state index in [0.29, 0.717) is 16.8 Å². The molecule has 2 aromatic rings. The Morgan fingerprint density at radius 2 is 1.85 bits per heavy atom. The predicted octanol–water partition coefficient (Wildman–Crippen LogP) is 4.67. The third-order valence-electron chi connectivity index (χ3n) is 6.21.